The molecule has 4 nitrogen and oxygen atoms in total. The minimum Gasteiger partial charge on any atom is -0.297 e. The van der Waals surface area contributed by atoms with Crippen LogP contribution in [0.4, 0.5) is 0 Å². The van der Waals surface area contributed by atoms with Gasteiger partial charge < -0.3 is 0 Å². The Morgan fingerprint density at radius 3 is 2.46 bits per heavy atom. The first kappa shape index (κ1) is 9.89. The van der Waals surface area contributed by atoms with E-state index in [4.69, 9.17) is 0 Å². The van der Waals surface area contributed by atoms with Crippen LogP contribution < -0.4 is 0 Å². The van der Waals surface area contributed by atoms with Crippen LogP contribution in [0.25, 0.3) is 0 Å². The molecule has 0 spiro atoms. The topological polar surface area (TPSA) is 47.8 Å². The minimum atomic E-state index is 0.0592. The van der Waals surface area contributed by atoms with Gasteiger partial charge in [-0.2, -0.15) is 5.10 Å². The number of aromatic nitrogens is 3. The fourth-order valence-corrected chi connectivity index (χ4v) is 1.04. The lowest BCUT2D eigenvalue weighted by Gasteiger charge is -2.04. The lowest BCUT2D eigenvalue weighted by atomic mass is 10.1. The van der Waals surface area contributed by atoms with Gasteiger partial charge in [-0.15, -0.1) is 0 Å². The predicted molar refractivity (Wildman–Crippen MR) is 49.3 cm³/mol. The fourth-order valence-electron chi connectivity index (χ4n) is 1.04. The maximum atomic E-state index is 11.4. The Morgan fingerprint density at radius 1 is 1.46 bits per heavy atom. The lowest BCUT2D eigenvalue weighted by molar-refractivity contribution is -0.122. The number of carbonyl (C=O) groups is 1. The van der Waals surface area contributed by atoms with E-state index in [0.717, 1.165) is 5.82 Å². The van der Waals surface area contributed by atoms with Crippen LogP contribution in [0.3, 0.4) is 0 Å². The molecule has 0 N–H and O–H groups in total. The number of aryl methyl sites for hydroxylation is 2. The van der Waals surface area contributed by atoms with E-state index in [1.54, 1.807) is 4.68 Å². The number of rotatable bonds is 3. The molecule has 72 valence electrons. The summed E-state index contributed by atoms with van der Waals surface area (Å²) in [6, 6.07) is 0. The largest absolute Gasteiger partial charge is 0.297 e. The van der Waals surface area contributed by atoms with Gasteiger partial charge in [-0.1, -0.05) is 13.8 Å². The van der Waals surface area contributed by atoms with Crippen LogP contribution in [0.1, 0.15) is 25.5 Å². The van der Waals surface area contributed by atoms with Crippen molar-refractivity contribution in [3.63, 3.8) is 0 Å². The van der Waals surface area contributed by atoms with Gasteiger partial charge in [0.1, 0.15) is 18.2 Å². The van der Waals surface area contributed by atoms with Gasteiger partial charge in [0.2, 0.25) is 0 Å². The van der Waals surface area contributed by atoms with Crippen molar-refractivity contribution >= 4 is 5.78 Å². The number of carbonyl (C=O) groups excluding carboxylic acids is 1. The highest BCUT2D eigenvalue weighted by atomic mass is 16.1. The molecule has 13 heavy (non-hydrogen) atoms. The monoisotopic (exact) mass is 181 g/mol. The van der Waals surface area contributed by atoms with Gasteiger partial charge in [0.05, 0.1) is 0 Å². The van der Waals surface area contributed by atoms with Crippen LogP contribution in [0.15, 0.2) is 0 Å². The van der Waals surface area contributed by atoms with Crippen LogP contribution in [0.2, 0.25) is 0 Å². The third kappa shape index (κ3) is 2.37. The molecule has 0 aromatic carbocycles. The number of hydrogen-bond donors (Lipinski definition) is 0. The molecule has 0 aliphatic rings. The highest BCUT2D eigenvalue weighted by Crippen LogP contribution is 2.00. The first-order valence-electron chi connectivity index (χ1n) is 4.41. The van der Waals surface area contributed by atoms with E-state index < -0.39 is 0 Å². The van der Waals surface area contributed by atoms with Crippen molar-refractivity contribution in [1.82, 2.24) is 14.8 Å². The quantitative estimate of drug-likeness (QED) is 0.702. The van der Waals surface area contributed by atoms with E-state index in [-0.39, 0.29) is 11.7 Å². The number of Topliss-reactive ketones (excluding diaryl/α,β-unsaturated/α-hetero) is 1. The van der Waals surface area contributed by atoms with E-state index in [1.165, 1.54) is 0 Å². The second-order valence-electron chi connectivity index (χ2n) is 3.48. The molecule has 1 aromatic rings. The van der Waals surface area contributed by atoms with Crippen molar-refractivity contribution in [2.45, 2.75) is 34.2 Å². The third-order valence-electron chi connectivity index (χ3n) is 1.91. The summed E-state index contributed by atoms with van der Waals surface area (Å²) in [6.45, 7) is 7.80. The van der Waals surface area contributed by atoms with Gasteiger partial charge in [-0.3, -0.25) is 4.79 Å². The van der Waals surface area contributed by atoms with E-state index in [2.05, 4.69) is 10.1 Å². The first-order valence-corrected chi connectivity index (χ1v) is 4.41. The molecule has 0 radical (unpaired) electrons. The van der Waals surface area contributed by atoms with E-state index >= 15 is 0 Å². The van der Waals surface area contributed by atoms with E-state index in [0.29, 0.717) is 12.4 Å². The van der Waals surface area contributed by atoms with Gasteiger partial charge in [0.25, 0.3) is 0 Å². The maximum absolute atomic E-state index is 11.4. The standard InChI is InChI=1S/C9H15N3O/c1-6(2)9(13)5-12-8(4)10-7(3)11-12/h6H,5H2,1-4H3. The zero-order valence-electron chi connectivity index (χ0n) is 8.53. The molecule has 1 aromatic heterocycles. The van der Waals surface area contributed by atoms with Crippen molar-refractivity contribution < 1.29 is 4.79 Å². The van der Waals surface area contributed by atoms with Gasteiger partial charge in [0, 0.05) is 5.92 Å². The molecule has 0 amide bonds. The predicted octanol–water partition coefficient (Wildman–Crippen LogP) is 1.12. The molecule has 0 fully saturated rings. The SMILES string of the molecule is Cc1nc(C)n(CC(=O)C(C)C)n1. The summed E-state index contributed by atoms with van der Waals surface area (Å²) in [7, 11) is 0. The van der Waals surface area contributed by atoms with Crippen molar-refractivity contribution in [2.75, 3.05) is 0 Å². The Kier molecular flexibility index (Phi) is 2.80. The molecule has 0 atom stereocenters. The Morgan fingerprint density at radius 2 is 2.08 bits per heavy atom. The molecular weight excluding hydrogens is 166 g/mol. The highest BCUT2D eigenvalue weighted by molar-refractivity contribution is 5.79. The lowest BCUT2D eigenvalue weighted by Crippen LogP contribution is -2.17. The Hall–Kier alpha value is -1.19. The number of ketones is 1. The zero-order chi connectivity index (χ0) is 10.0. The van der Waals surface area contributed by atoms with Crippen LogP contribution in [0.5, 0.6) is 0 Å². The molecule has 1 rings (SSSR count). The molecule has 1 heterocycles. The van der Waals surface area contributed by atoms with Crippen LogP contribution in [-0.4, -0.2) is 20.5 Å². The maximum Gasteiger partial charge on any atom is 0.156 e. The molecule has 4 heteroatoms. The summed E-state index contributed by atoms with van der Waals surface area (Å²) in [6.07, 6.45) is 0. The van der Waals surface area contributed by atoms with Crippen molar-refractivity contribution in [2.24, 2.45) is 5.92 Å². The molecule has 0 bridgehead atoms. The second kappa shape index (κ2) is 3.68. The summed E-state index contributed by atoms with van der Waals surface area (Å²) in [4.78, 5) is 15.5. The first-order chi connectivity index (χ1) is 6.00. The zero-order valence-corrected chi connectivity index (χ0v) is 8.53. The van der Waals surface area contributed by atoms with Gasteiger partial charge in [0.15, 0.2) is 5.78 Å². The Balaban J connectivity index is 2.74. The number of hydrogen-bond acceptors (Lipinski definition) is 3. The smallest absolute Gasteiger partial charge is 0.156 e. The van der Waals surface area contributed by atoms with Crippen LogP contribution in [0, 0.1) is 19.8 Å². The van der Waals surface area contributed by atoms with Crippen molar-refractivity contribution in [1.29, 1.82) is 0 Å². The van der Waals surface area contributed by atoms with Gasteiger partial charge in [-0.25, -0.2) is 9.67 Å². The van der Waals surface area contributed by atoms with E-state index in [1.807, 2.05) is 27.7 Å². The summed E-state index contributed by atoms with van der Waals surface area (Å²) < 4.78 is 1.65. The van der Waals surface area contributed by atoms with Crippen LogP contribution >= 0.6 is 0 Å². The molecule has 0 aliphatic heterocycles. The van der Waals surface area contributed by atoms with Gasteiger partial charge >= 0.3 is 0 Å². The molecule has 0 aliphatic carbocycles. The molecule has 0 unspecified atom stereocenters. The Bertz CT molecular complexity index is 315. The minimum absolute atomic E-state index is 0.0592. The summed E-state index contributed by atoms with van der Waals surface area (Å²) >= 11 is 0. The van der Waals surface area contributed by atoms with E-state index in [9.17, 15) is 4.79 Å². The fraction of sp³-hybridized carbons (Fsp3) is 0.667. The van der Waals surface area contributed by atoms with Crippen LogP contribution in [-0.2, 0) is 11.3 Å². The summed E-state index contributed by atoms with van der Waals surface area (Å²) in [5.41, 5.74) is 0. The summed E-state index contributed by atoms with van der Waals surface area (Å²) in [5.74, 6) is 1.76. The van der Waals surface area contributed by atoms with Crippen molar-refractivity contribution in [3.05, 3.63) is 11.6 Å². The number of nitrogens with zero attached hydrogens (tertiary/aromatic N) is 3. The third-order valence-corrected chi connectivity index (χ3v) is 1.91. The molecular formula is C9H15N3O. The summed E-state index contributed by atoms with van der Waals surface area (Å²) in [5, 5.41) is 4.12. The van der Waals surface area contributed by atoms with Crippen molar-refractivity contribution in [3.8, 4) is 0 Å². The average Bonchev–Trinajstić information content (AvgIpc) is 2.30. The molecule has 0 saturated heterocycles. The second-order valence-corrected chi connectivity index (χ2v) is 3.48. The highest BCUT2D eigenvalue weighted by Gasteiger charge is 2.10. The normalized spacial score (nSPS) is 10.8. The van der Waals surface area contributed by atoms with Gasteiger partial charge in [-0.05, 0) is 13.8 Å². The Labute approximate surface area is 78.0 Å². The average molecular weight is 181 g/mol. The molecule has 0 saturated carbocycles.